The van der Waals surface area contributed by atoms with E-state index in [0.29, 0.717) is 25.3 Å². The number of aromatic amines is 1. The minimum absolute atomic E-state index is 0.0919. The van der Waals surface area contributed by atoms with E-state index >= 15 is 0 Å². The van der Waals surface area contributed by atoms with E-state index in [4.69, 9.17) is 0 Å². The first-order valence-electron chi connectivity index (χ1n) is 8.09. The van der Waals surface area contributed by atoms with Gasteiger partial charge in [0.15, 0.2) is 0 Å². The second kappa shape index (κ2) is 5.36. The predicted molar refractivity (Wildman–Crippen MR) is 88.6 cm³/mol. The van der Waals surface area contributed by atoms with Gasteiger partial charge in [-0.05, 0) is 18.1 Å². The molecule has 0 atom stereocenters. The molecule has 0 saturated carbocycles. The summed E-state index contributed by atoms with van der Waals surface area (Å²) < 4.78 is 0. The van der Waals surface area contributed by atoms with Gasteiger partial charge in [-0.2, -0.15) is 5.10 Å². The molecule has 0 radical (unpaired) electrons. The zero-order chi connectivity index (χ0) is 16.7. The van der Waals surface area contributed by atoms with E-state index in [9.17, 15) is 9.59 Å². The Balaban J connectivity index is 1.45. The predicted octanol–water partition coefficient (Wildman–Crippen LogP) is 1.15. The number of hydrogen-bond acceptors (Lipinski definition) is 3. The van der Waals surface area contributed by atoms with Crippen LogP contribution in [0.4, 0.5) is 4.79 Å². The average molecular weight is 325 g/mol. The highest BCUT2D eigenvalue weighted by molar-refractivity contribution is 5.94. The van der Waals surface area contributed by atoms with Crippen LogP contribution in [0, 0.1) is 0 Å². The molecule has 7 nitrogen and oxygen atoms in total. The van der Waals surface area contributed by atoms with E-state index in [-0.39, 0.29) is 17.5 Å². The van der Waals surface area contributed by atoms with Crippen LogP contribution in [0.25, 0.3) is 11.3 Å². The molecule has 3 amide bonds. The Kier molecular flexibility index (Phi) is 3.30. The zero-order valence-corrected chi connectivity index (χ0v) is 13.4. The highest BCUT2D eigenvalue weighted by atomic mass is 16.2. The normalized spacial score (nSPS) is 18.2. The number of nitrogens with zero attached hydrogens (tertiary/aromatic N) is 2. The van der Waals surface area contributed by atoms with Crippen molar-refractivity contribution in [2.24, 2.45) is 0 Å². The first-order valence-corrected chi connectivity index (χ1v) is 8.09. The first-order chi connectivity index (χ1) is 11.6. The number of carbonyl (C=O) groups excluding carboxylic acids is 2. The van der Waals surface area contributed by atoms with E-state index < -0.39 is 0 Å². The summed E-state index contributed by atoms with van der Waals surface area (Å²) in [7, 11) is 0. The number of rotatable bonds is 3. The molecule has 2 fully saturated rings. The first kappa shape index (κ1) is 14.7. The fourth-order valence-electron chi connectivity index (χ4n) is 3.26. The van der Waals surface area contributed by atoms with E-state index in [0.717, 1.165) is 17.7 Å². The van der Waals surface area contributed by atoms with Gasteiger partial charge in [-0.3, -0.25) is 9.89 Å². The van der Waals surface area contributed by atoms with Crippen molar-refractivity contribution in [3.8, 4) is 11.3 Å². The van der Waals surface area contributed by atoms with Crippen LogP contribution in [0.5, 0.6) is 0 Å². The van der Waals surface area contributed by atoms with Crippen molar-refractivity contribution in [1.82, 2.24) is 25.7 Å². The molecule has 3 N–H and O–H groups in total. The van der Waals surface area contributed by atoms with Gasteiger partial charge in [0.2, 0.25) is 0 Å². The maximum Gasteiger partial charge on any atom is 0.315 e. The van der Waals surface area contributed by atoms with Crippen LogP contribution in [-0.4, -0.2) is 52.2 Å². The number of aryl methyl sites for hydroxylation is 1. The molecule has 1 aromatic heterocycles. The summed E-state index contributed by atoms with van der Waals surface area (Å²) in [5.74, 6) is -0.0919. The number of urea groups is 1. The van der Waals surface area contributed by atoms with Crippen molar-refractivity contribution < 1.29 is 9.59 Å². The minimum Gasteiger partial charge on any atom is -0.336 e. The lowest BCUT2D eigenvalue weighted by Gasteiger charge is -2.46. The van der Waals surface area contributed by atoms with Gasteiger partial charge in [-0.15, -0.1) is 0 Å². The van der Waals surface area contributed by atoms with Crippen molar-refractivity contribution in [2.45, 2.75) is 18.9 Å². The summed E-state index contributed by atoms with van der Waals surface area (Å²) in [5, 5.41) is 12.7. The number of amides is 3. The third kappa shape index (κ3) is 2.42. The number of benzene rings is 1. The second-order valence-corrected chi connectivity index (χ2v) is 6.47. The number of aromatic nitrogens is 2. The third-order valence-electron chi connectivity index (χ3n) is 4.71. The van der Waals surface area contributed by atoms with Crippen LogP contribution in [0.1, 0.15) is 23.0 Å². The average Bonchev–Trinajstić information content (AvgIpc) is 3.20. The number of H-pyrrole nitrogens is 1. The van der Waals surface area contributed by atoms with Crippen molar-refractivity contribution in [3.63, 3.8) is 0 Å². The fourth-order valence-corrected chi connectivity index (χ4v) is 3.26. The summed E-state index contributed by atoms with van der Waals surface area (Å²) in [5.41, 5.74) is 3.17. The van der Waals surface area contributed by atoms with Crippen LogP contribution >= 0.6 is 0 Å². The van der Waals surface area contributed by atoms with Crippen LogP contribution in [0.2, 0.25) is 0 Å². The van der Waals surface area contributed by atoms with Crippen molar-refractivity contribution in [2.75, 3.05) is 19.6 Å². The Morgan fingerprint density at radius 2 is 2.04 bits per heavy atom. The smallest absolute Gasteiger partial charge is 0.315 e. The largest absolute Gasteiger partial charge is 0.336 e. The molecule has 0 unspecified atom stereocenters. The van der Waals surface area contributed by atoms with Gasteiger partial charge < -0.3 is 15.5 Å². The van der Waals surface area contributed by atoms with E-state index in [1.54, 1.807) is 11.0 Å². The maximum absolute atomic E-state index is 12.5. The van der Waals surface area contributed by atoms with Gasteiger partial charge in [0.25, 0.3) is 5.91 Å². The Labute approximate surface area is 139 Å². The molecule has 0 bridgehead atoms. The van der Waals surface area contributed by atoms with Gasteiger partial charge in [0, 0.05) is 25.2 Å². The summed E-state index contributed by atoms with van der Waals surface area (Å²) in [4.78, 5) is 25.5. The molecular weight excluding hydrogens is 306 g/mol. The van der Waals surface area contributed by atoms with Crippen LogP contribution in [0.3, 0.4) is 0 Å². The van der Waals surface area contributed by atoms with Crippen molar-refractivity contribution in [1.29, 1.82) is 0 Å². The Hall–Kier alpha value is -2.83. The Morgan fingerprint density at radius 1 is 1.29 bits per heavy atom. The third-order valence-corrected chi connectivity index (χ3v) is 4.71. The molecule has 2 aromatic rings. The quantitative estimate of drug-likeness (QED) is 0.790. The number of likely N-dealkylation sites (tertiary alicyclic amines) is 1. The molecule has 0 aliphatic carbocycles. The van der Waals surface area contributed by atoms with E-state index in [2.05, 4.69) is 39.9 Å². The molecule has 24 heavy (non-hydrogen) atoms. The number of carbonyl (C=O) groups is 2. The second-order valence-electron chi connectivity index (χ2n) is 6.47. The maximum atomic E-state index is 12.5. The monoisotopic (exact) mass is 325 g/mol. The SMILES string of the molecule is CCc1ccc(-c2cc(C(=O)N3CC4(CNC(=O)N4)C3)[nH]n2)cc1. The molecule has 124 valence electrons. The highest BCUT2D eigenvalue weighted by Gasteiger charge is 2.49. The summed E-state index contributed by atoms with van der Waals surface area (Å²) in [6.45, 7) is 3.71. The topological polar surface area (TPSA) is 90.1 Å². The van der Waals surface area contributed by atoms with Gasteiger partial charge >= 0.3 is 6.03 Å². The molecule has 7 heteroatoms. The molecule has 3 heterocycles. The van der Waals surface area contributed by atoms with Crippen LogP contribution in [0.15, 0.2) is 30.3 Å². The molecule has 2 aliphatic heterocycles. The van der Waals surface area contributed by atoms with Gasteiger partial charge in [0.1, 0.15) is 5.69 Å². The summed E-state index contributed by atoms with van der Waals surface area (Å²) >= 11 is 0. The van der Waals surface area contributed by atoms with Crippen molar-refractivity contribution >= 4 is 11.9 Å². The molecule has 1 aromatic carbocycles. The number of hydrogen-bond donors (Lipinski definition) is 3. The lowest BCUT2D eigenvalue weighted by Crippen LogP contribution is -2.70. The number of nitrogens with one attached hydrogen (secondary N) is 3. The van der Waals surface area contributed by atoms with E-state index in [1.807, 2.05) is 12.1 Å². The van der Waals surface area contributed by atoms with Gasteiger partial charge in [-0.25, -0.2) is 4.79 Å². The lowest BCUT2D eigenvalue weighted by atomic mass is 9.90. The van der Waals surface area contributed by atoms with E-state index in [1.165, 1.54) is 5.56 Å². The summed E-state index contributed by atoms with van der Waals surface area (Å²) in [6, 6.07) is 9.78. The Bertz CT molecular complexity index is 790. The van der Waals surface area contributed by atoms with Gasteiger partial charge in [0.05, 0.1) is 11.2 Å². The van der Waals surface area contributed by atoms with Crippen LogP contribution < -0.4 is 10.6 Å². The van der Waals surface area contributed by atoms with Crippen molar-refractivity contribution in [3.05, 3.63) is 41.6 Å². The molecule has 2 aliphatic rings. The molecule has 4 rings (SSSR count). The van der Waals surface area contributed by atoms with Gasteiger partial charge in [-0.1, -0.05) is 31.2 Å². The molecule has 1 spiro atoms. The minimum atomic E-state index is -0.300. The standard InChI is InChI=1S/C17H19N5O2/c1-2-11-3-5-12(6-4-11)13-7-14(21-20-13)15(23)22-9-17(10-22)8-18-16(24)19-17/h3-7H,2,8-10H2,1H3,(H,20,21)(H2,18,19,24). The summed E-state index contributed by atoms with van der Waals surface area (Å²) in [6.07, 6.45) is 0.993. The van der Waals surface area contributed by atoms with Crippen LogP contribution in [-0.2, 0) is 6.42 Å². The zero-order valence-electron chi connectivity index (χ0n) is 13.4. The Morgan fingerprint density at radius 3 is 2.67 bits per heavy atom. The molecule has 2 saturated heterocycles. The molecular formula is C17H19N5O2. The highest BCUT2D eigenvalue weighted by Crippen LogP contribution is 2.26. The fraction of sp³-hybridized carbons (Fsp3) is 0.353. The lowest BCUT2D eigenvalue weighted by molar-refractivity contribution is 0.0391.